The topological polar surface area (TPSA) is 101 Å². The van der Waals surface area contributed by atoms with E-state index in [9.17, 15) is 13.2 Å². The van der Waals surface area contributed by atoms with Crippen LogP contribution in [0.4, 0.5) is 5.69 Å². The van der Waals surface area contributed by atoms with E-state index in [0.717, 1.165) is 4.90 Å². The largest absolute Gasteiger partial charge is 0.436 e. The van der Waals surface area contributed by atoms with Gasteiger partial charge in [-0.25, -0.2) is 0 Å². The number of carbonyl (C=O) groups is 1. The van der Waals surface area contributed by atoms with E-state index in [0.29, 0.717) is 21.7 Å². The van der Waals surface area contributed by atoms with Crippen molar-refractivity contribution in [2.75, 3.05) is 11.6 Å². The number of benzene rings is 3. The van der Waals surface area contributed by atoms with E-state index in [-0.39, 0.29) is 16.0 Å². The van der Waals surface area contributed by atoms with Crippen LogP contribution >= 0.6 is 23.4 Å². The molecule has 33 heavy (non-hydrogen) atoms. The fourth-order valence-corrected chi connectivity index (χ4v) is 4.37. The van der Waals surface area contributed by atoms with Crippen LogP contribution in [-0.2, 0) is 10.0 Å². The molecule has 0 unspecified atom stereocenters. The molecular weight excluding hydrogens is 482 g/mol. The zero-order chi connectivity index (χ0) is 23.4. The number of thioether (sulfide) groups is 1. The molecule has 0 aliphatic heterocycles. The first kappa shape index (κ1) is 22.9. The third kappa shape index (κ3) is 5.39. The van der Waals surface area contributed by atoms with Crippen molar-refractivity contribution in [1.82, 2.24) is 4.83 Å². The van der Waals surface area contributed by atoms with Gasteiger partial charge in [0.05, 0.1) is 4.90 Å². The Hall–Kier alpha value is -3.27. The number of fused-ring (bicyclic) bond motifs is 1. The van der Waals surface area contributed by atoms with Crippen molar-refractivity contribution in [2.24, 2.45) is 5.10 Å². The first-order chi connectivity index (χ1) is 15.9. The minimum atomic E-state index is -4.01. The van der Waals surface area contributed by atoms with Crippen LogP contribution in [0.25, 0.3) is 11.0 Å². The molecule has 1 amide bonds. The molecule has 0 bridgehead atoms. The molecule has 0 saturated carbocycles. The summed E-state index contributed by atoms with van der Waals surface area (Å²) in [7, 11) is -4.01. The van der Waals surface area contributed by atoms with Crippen molar-refractivity contribution in [2.45, 2.75) is 9.79 Å². The Morgan fingerprint density at radius 1 is 1.00 bits per heavy atom. The zero-order valence-electron chi connectivity index (χ0n) is 17.3. The zero-order valence-corrected chi connectivity index (χ0v) is 19.7. The van der Waals surface area contributed by atoms with Gasteiger partial charge in [-0.2, -0.15) is 13.2 Å². The maximum absolute atomic E-state index is 13.1. The molecule has 4 aromatic rings. The summed E-state index contributed by atoms with van der Waals surface area (Å²) in [6.07, 6.45) is 1.94. The molecule has 7 nitrogen and oxygen atoms in total. The lowest BCUT2D eigenvalue weighted by molar-refractivity contribution is 0.102. The van der Waals surface area contributed by atoms with Crippen LogP contribution in [0.1, 0.15) is 10.4 Å². The summed E-state index contributed by atoms with van der Waals surface area (Å²) >= 11 is 7.38. The van der Waals surface area contributed by atoms with Gasteiger partial charge in [0.1, 0.15) is 11.1 Å². The van der Waals surface area contributed by atoms with Crippen LogP contribution in [0.2, 0.25) is 5.02 Å². The van der Waals surface area contributed by atoms with E-state index < -0.39 is 15.9 Å². The predicted octanol–water partition coefficient (Wildman–Crippen LogP) is 4.85. The molecule has 0 aliphatic carbocycles. The lowest BCUT2D eigenvalue weighted by Crippen LogP contribution is -2.27. The number of para-hydroxylation sites is 1. The van der Waals surface area contributed by atoms with E-state index in [2.05, 4.69) is 15.2 Å². The first-order valence-electron chi connectivity index (χ1n) is 9.65. The summed E-state index contributed by atoms with van der Waals surface area (Å²) in [5.41, 5.74) is 0.933. The number of carbonyl (C=O) groups excluding carboxylic acids is 1. The molecule has 0 radical (unpaired) electrons. The normalized spacial score (nSPS) is 12.0. The first-order valence-corrected chi connectivity index (χ1v) is 12.7. The Labute approximate surface area is 199 Å². The number of sulfonamides is 1. The monoisotopic (exact) mass is 499 g/mol. The molecule has 1 aromatic heterocycles. The standard InChI is InChI=1S/C23H18ClN3O4S2/c1-32-18-7-4-6-17(14-18)25-22(28)20-13-15-5-2-3-8-21(15)31-23(20)26-27-33(29,30)19-11-9-16(24)10-12-19/h2-14,27H,1H3,(H,25,28)/b26-23-. The number of nitrogens with zero attached hydrogens (tertiary/aromatic N) is 1. The highest BCUT2D eigenvalue weighted by molar-refractivity contribution is 7.98. The second-order valence-electron chi connectivity index (χ2n) is 6.85. The highest BCUT2D eigenvalue weighted by Crippen LogP contribution is 2.20. The molecule has 4 rings (SSSR count). The Bertz CT molecular complexity index is 1500. The molecule has 168 valence electrons. The molecule has 0 saturated heterocycles. The Morgan fingerprint density at radius 3 is 2.52 bits per heavy atom. The van der Waals surface area contributed by atoms with Gasteiger partial charge in [0.15, 0.2) is 0 Å². The van der Waals surface area contributed by atoms with Crippen LogP contribution in [-0.4, -0.2) is 20.6 Å². The molecule has 2 N–H and O–H groups in total. The van der Waals surface area contributed by atoms with E-state index in [4.69, 9.17) is 16.0 Å². The Kier molecular flexibility index (Phi) is 6.73. The molecule has 0 spiro atoms. The lowest BCUT2D eigenvalue weighted by Gasteiger charge is -2.08. The average molecular weight is 500 g/mol. The highest BCUT2D eigenvalue weighted by Gasteiger charge is 2.16. The van der Waals surface area contributed by atoms with Gasteiger partial charge in [0.25, 0.3) is 15.9 Å². The van der Waals surface area contributed by atoms with Gasteiger partial charge in [-0.3, -0.25) is 4.79 Å². The molecule has 10 heteroatoms. The van der Waals surface area contributed by atoms with E-state index in [1.54, 1.807) is 42.1 Å². The van der Waals surface area contributed by atoms with Gasteiger partial charge in [-0.1, -0.05) is 35.9 Å². The number of rotatable bonds is 6. The Balaban J connectivity index is 1.74. The van der Waals surface area contributed by atoms with Gasteiger partial charge < -0.3 is 9.73 Å². The van der Waals surface area contributed by atoms with Gasteiger partial charge in [0.2, 0.25) is 5.55 Å². The summed E-state index contributed by atoms with van der Waals surface area (Å²) in [5.74, 6) is -0.493. The van der Waals surface area contributed by atoms with E-state index in [1.165, 1.54) is 24.3 Å². The average Bonchev–Trinajstić information content (AvgIpc) is 2.82. The summed E-state index contributed by atoms with van der Waals surface area (Å²) in [5, 5.41) is 7.80. The van der Waals surface area contributed by atoms with E-state index >= 15 is 0 Å². The maximum Gasteiger partial charge on any atom is 0.276 e. The van der Waals surface area contributed by atoms with Crippen molar-refractivity contribution in [3.8, 4) is 0 Å². The van der Waals surface area contributed by atoms with Crippen molar-refractivity contribution in [1.29, 1.82) is 0 Å². The number of amides is 1. The molecule has 1 heterocycles. The summed E-state index contributed by atoms with van der Waals surface area (Å²) in [6, 6.07) is 21.6. The number of hydrogen-bond acceptors (Lipinski definition) is 6. The summed E-state index contributed by atoms with van der Waals surface area (Å²) in [4.78, 5) is 16.2. The molecular formula is C23H18ClN3O4S2. The maximum atomic E-state index is 13.1. The number of anilines is 1. The second kappa shape index (κ2) is 9.70. The third-order valence-electron chi connectivity index (χ3n) is 4.62. The van der Waals surface area contributed by atoms with Crippen molar-refractivity contribution in [3.05, 3.63) is 95.0 Å². The van der Waals surface area contributed by atoms with Gasteiger partial charge in [-0.05, 0) is 60.9 Å². The van der Waals surface area contributed by atoms with Crippen molar-refractivity contribution in [3.63, 3.8) is 0 Å². The van der Waals surface area contributed by atoms with Gasteiger partial charge >= 0.3 is 0 Å². The smallest absolute Gasteiger partial charge is 0.276 e. The predicted molar refractivity (Wildman–Crippen MR) is 130 cm³/mol. The second-order valence-corrected chi connectivity index (χ2v) is 9.83. The fourth-order valence-electron chi connectivity index (χ4n) is 2.98. The van der Waals surface area contributed by atoms with E-state index in [1.807, 2.05) is 30.5 Å². The summed E-state index contributed by atoms with van der Waals surface area (Å²) in [6.45, 7) is 0. The van der Waals surface area contributed by atoms with Gasteiger partial charge in [0, 0.05) is 21.0 Å². The van der Waals surface area contributed by atoms with Crippen LogP contribution in [0.3, 0.4) is 0 Å². The van der Waals surface area contributed by atoms with Crippen LogP contribution in [0.5, 0.6) is 0 Å². The van der Waals surface area contributed by atoms with Crippen LogP contribution < -0.4 is 15.7 Å². The van der Waals surface area contributed by atoms with Gasteiger partial charge in [-0.15, -0.1) is 16.9 Å². The molecule has 0 atom stereocenters. The SMILES string of the molecule is CSc1cccc(NC(=O)c2cc3ccccc3o/c2=N\NS(=O)(=O)c2ccc(Cl)cc2)c1. The minimum Gasteiger partial charge on any atom is -0.436 e. The Morgan fingerprint density at radius 2 is 1.76 bits per heavy atom. The number of hydrogen-bond donors (Lipinski definition) is 2. The quantitative estimate of drug-likeness (QED) is 0.291. The van der Waals surface area contributed by atoms with Crippen LogP contribution in [0.15, 0.2) is 98.2 Å². The molecule has 0 aliphatic rings. The lowest BCUT2D eigenvalue weighted by atomic mass is 10.1. The minimum absolute atomic E-state index is 0.0312. The number of nitrogens with one attached hydrogen (secondary N) is 2. The fraction of sp³-hybridized carbons (Fsp3) is 0.0435. The summed E-state index contributed by atoms with van der Waals surface area (Å²) < 4.78 is 31.0. The number of halogens is 1. The third-order valence-corrected chi connectivity index (χ3v) is 6.82. The molecule has 0 fully saturated rings. The van der Waals surface area contributed by atoms with Crippen molar-refractivity contribution < 1.29 is 17.6 Å². The highest BCUT2D eigenvalue weighted by atomic mass is 35.5. The van der Waals surface area contributed by atoms with Crippen molar-refractivity contribution >= 4 is 55.9 Å². The molecule has 3 aromatic carbocycles. The van der Waals surface area contributed by atoms with Crippen LogP contribution in [0, 0.1) is 0 Å².